The van der Waals surface area contributed by atoms with Gasteiger partial charge in [0, 0.05) is 17.1 Å². The van der Waals surface area contributed by atoms with Crippen LogP contribution < -0.4 is 9.47 Å². The second-order valence-electron chi connectivity index (χ2n) is 6.53. The molecule has 0 spiro atoms. The van der Waals surface area contributed by atoms with Gasteiger partial charge in [-0.2, -0.15) is 0 Å². The third kappa shape index (κ3) is 5.13. The molecule has 4 nitrogen and oxygen atoms in total. The summed E-state index contributed by atoms with van der Waals surface area (Å²) in [7, 11) is 0. The molecule has 2 aromatic carbocycles. The highest BCUT2D eigenvalue weighted by atomic mass is 35.5. The molecule has 2 aromatic rings. The maximum absolute atomic E-state index is 12.5. The lowest BCUT2D eigenvalue weighted by Crippen LogP contribution is -2.27. The summed E-state index contributed by atoms with van der Waals surface area (Å²) in [6.07, 6.45) is 1.78. The Kier molecular flexibility index (Phi) is 7.22. The Morgan fingerprint density at radius 2 is 1.83 bits per heavy atom. The molecule has 1 aliphatic rings. The van der Waals surface area contributed by atoms with Gasteiger partial charge in [0.25, 0.3) is 5.91 Å². The number of carbonyl (C=O) groups is 1. The van der Waals surface area contributed by atoms with Crippen LogP contribution in [-0.4, -0.2) is 34.9 Å². The maximum Gasteiger partial charge on any atom is 0.266 e. The number of benzene rings is 2. The zero-order valence-corrected chi connectivity index (χ0v) is 18.9. The van der Waals surface area contributed by atoms with Crippen LogP contribution in [-0.2, 0) is 4.79 Å². The molecule has 0 atom stereocenters. The highest BCUT2D eigenvalue weighted by Crippen LogP contribution is 2.35. The summed E-state index contributed by atoms with van der Waals surface area (Å²) in [4.78, 5) is 14.6. The van der Waals surface area contributed by atoms with Crippen molar-refractivity contribution in [3.63, 3.8) is 0 Å². The molecule has 0 unspecified atom stereocenters. The van der Waals surface area contributed by atoms with Gasteiger partial charge in [-0.1, -0.05) is 53.8 Å². The Bertz CT molecular complexity index is 954. The largest absolute Gasteiger partial charge is 0.489 e. The SMILES string of the molecule is CCN1C(=O)C(=Cc2cc(Cl)ccc2OCCOc2c(C)cccc2C)SC1=S. The molecule has 152 valence electrons. The molecule has 0 bridgehead atoms. The van der Waals surface area contributed by atoms with E-state index in [9.17, 15) is 4.79 Å². The lowest BCUT2D eigenvalue weighted by atomic mass is 10.1. The van der Waals surface area contributed by atoms with Gasteiger partial charge in [0.15, 0.2) is 0 Å². The summed E-state index contributed by atoms with van der Waals surface area (Å²) < 4.78 is 12.4. The van der Waals surface area contributed by atoms with E-state index < -0.39 is 0 Å². The van der Waals surface area contributed by atoms with E-state index in [0.29, 0.717) is 39.8 Å². The number of nitrogens with zero attached hydrogens (tertiary/aromatic N) is 1. The molecule has 0 saturated carbocycles. The Labute approximate surface area is 185 Å². The van der Waals surface area contributed by atoms with E-state index in [1.165, 1.54) is 11.8 Å². The molecule has 0 radical (unpaired) electrons. The van der Waals surface area contributed by atoms with Crippen molar-refractivity contribution in [1.82, 2.24) is 4.90 Å². The zero-order valence-electron chi connectivity index (χ0n) is 16.5. The summed E-state index contributed by atoms with van der Waals surface area (Å²) in [5.74, 6) is 1.43. The first-order chi connectivity index (χ1) is 13.9. The second-order valence-corrected chi connectivity index (χ2v) is 8.64. The number of amides is 1. The van der Waals surface area contributed by atoms with E-state index >= 15 is 0 Å². The summed E-state index contributed by atoms with van der Waals surface area (Å²) >= 11 is 12.7. The number of thiocarbonyl (C=S) groups is 1. The summed E-state index contributed by atoms with van der Waals surface area (Å²) in [6.45, 7) is 7.27. The molecule has 3 rings (SSSR count). The molecule has 1 heterocycles. The molecular formula is C22H22ClNO3S2. The van der Waals surface area contributed by atoms with Crippen LogP contribution in [0.2, 0.25) is 5.02 Å². The molecule has 1 saturated heterocycles. The number of rotatable bonds is 7. The van der Waals surface area contributed by atoms with Crippen molar-refractivity contribution in [3.8, 4) is 11.5 Å². The Balaban J connectivity index is 1.70. The smallest absolute Gasteiger partial charge is 0.266 e. The van der Waals surface area contributed by atoms with Crippen molar-refractivity contribution in [1.29, 1.82) is 0 Å². The van der Waals surface area contributed by atoms with Crippen LogP contribution in [0.5, 0.6) is 11.5 Å². The third-order valence-corrected chi connectivity index (χ3v) is 6.06. The number of para-hydroxylation sites is 1. The molecule has 0 aromatic heterocycles. The molecule has 7 heteroatoms. The standard InChI is InChI=1S/C22H22ClNO3S2/c1-4-24-21(25)19(29-22(24)28)13-16-12-17(23)8-9-18(16)26-10-11-27-20-14(2)6-5-7-15(20)3/h5-9,12-13H,4,10-11H2,1-3H3. The minimum Gasteiger partial charge on any atom is -0.489 e. The van der Waals surface area contributed by atoms with Gasteiger partial charge >= 0.3 is 0 Å². The maximum atomic E-state index is 12.5. The molecule has 1 amide bonds. The van der Waals surface area contributed by atoms with E-state index in [0.717, 1.165) is 22.4 Å². The van der Waals surface area contributed by atoms with Crippen molar-refractivity contribution in [2.24, 2.45) is 0 Å². The van der Waals surface area contributed by atoms with Gasteiger partial charge < -0.3 is 9.47 Å². The van der Waals surface area contributed by atoms with Gasteiger partial charge in [0.05, 0.1) is 4.91 Å². The van der Waals surface area contributed by atoms with Crippen molar-refractivity contribution in [2.75, 3.05) is 19.8 Å². The predicted octanol–water partition coefficient (Wildman–Crippen LogP) is 5.64. The number of thioether (sulfide) groups is 1. The number of hydrogen-bond donors (Lipinski definition) is 0. The number of hydrogen-bond acceptors (Lipinski definition) is 5. The van der Waals surface area contributed by atoms with Crippen LogP contribution in [0.25, 0.3) is 6.08 Å². The first-order valence-electron chi connectivity index (χ1n) is 9.27. The van der Waals surface area contributed by atoms with E-state index in [1.807, 2.05) is 39.0 Å². The monoisotopic (exact) mass is 447 g/mol. The van der Waals surface area contributed by atoms with Crippen LogP contribution in [0.1, 0.15) is 23.6 Å². The summed E-state index contributed by atoms with van der Waals surface area (Å²) in [6, 6.07) is 11.4. The minimum absolute atomic E-state index is 0.0909. The van der Waals surface area contributed by atoms with Crippen LogP contribution in [0.4, 0.5) is 0 Å². The first-order valence-corrected chi connectivity index (χ1v) is 10.9. The van der Waals surface area contributed by atoms with Gasteiger partial charge in [-0.05, 0) is 56.2 Å². The Morgan fingerprint density at radius 1 is 1.14 bits per heavy atom. The highest BCUT2D eigenvalue weighted by Gasteiger charge is 2.30. The van der Waals surface area contributed by atoms with Crippen molar-refractivity contribution >= 4 is 51.9 Å². The lowest BCUT2D eigenvalue weighted by Gasteiger charge is -2.14. The normalized spacial score (nSPS) is 15.3. The highest BCUT2D eigenvalue weighted by molar-refractivity contribution is 8.26. The van der Waals surface area contributed by atoms with E-state index in [4.69, 9.17) is 33.3 Å². The number of carbonyl (C=O) groups excluding carboxylic acids is 1. The molecule has 29 heavy (non-hydrogen) atoms. The number of ether oxygens (including phenoxy) is 2. The molecular weight excluding hydrogens is 426 g/mol. The Hall–Kier alpha value is -2.02. The van der Waals surface area contributed by atoms with Crippen LogP contribution in [0.3, 0.4) is 0 Å². The molecule has 0 aliphatic carbocycles. The van der Waals surface area contributed by atoms with Gasteiger partial charge in [0.2, 0.25) is 0 Å². The second kappa shape index (κ2) is 9.65. The third-order valence-electron chi connectivity index (χ3n) is 4.44. The van der Waals surface area contributed by atoms with Crippen LogP contribution in [0, 0.1) is 13.8 Å². The number of halogens is 1. The van der Waals surface area contributed by atoms with Gasteiger partial charge in [0.1, 0.15) is 29.0 Å². The van der Waals surface area contributed by atoms with Crippen molar-refractivity contribution in [2.45, 2.75) is 20.8 Å². The topological polar surface area (TPSA) is 38.8 Å². The fraction of sp³-hybridized carbons (Fsp3) is 0.273. The number of likely N-dealkylation sites (N-methyl/N-ethyl adjacent to an activating group) is 1. The van der Waals surface area contributed by atoms with E-state index in [2.05, 4.69) is 0 Å². The molecule has 1 aliphatic heterocycles. The van der Waals surface area contributed by atoms with Gasteiger partial charge in [-0.25, -0.2) is 0 Å². The van der Waals surface area contributed by atoms with Gasteiger partial charge in [-0.3, -0.25) is 9.69 Å². The summed E-state index contributed by atoms with van der Waals surface area (Å²) in [5.41, 5.74) is 2.92. The quantitative estimate of drug-likeness (QED) is 0.312. The van der Waals surface area contributed by atoms with Crippen LogP contribution >= 0.6 is 35.6 Å². The summed E-state index contributed by atoms with van der Waals surface area (Å²) in [5, 5.41) is 0.571. The van der Waals surface area contributed by atoms with Gasteiger partial charge in [-0.15, -0.1) is 0 Å². The fourth-order valence-corrected chi connectivity index (χ4v) is 4.56. The molecule has 1 fully saturated rings. The number of aryl methyl sites for hydroxylation is 2. The van der Waals surface area contributed by atoms with E-state index in [1.54, 1.807) is 29.2 Å². The fourth-order valence-electron chi connectivity index (χ4n) is 3.00. The minimum atomic E-state index is -0.0909. The average molecular weight is 448 g/mol. The average Bonchev–Trinajstić information content (AvgIpc) is 2.94. The lowest BCUT2D eigenvalue weighted by molar-refractivity contribution is -0.121. The van der Waals surface area contributed by atoms with Crippen molar-refractivity contribution < 1.29 is 14.3 Å². The van der Waals surface area contributed by atoms with Crippen LogP contribution in [0.15, 0.2) is 41.3 Å². The zero-order chi connectivity index (χ0) is 21.0. The predicted molar refractivity (Wildman–Crippen MR) is 124 cm³/mol. The Morgan fingerprint density at radius 3 is 2.48 bits per heavy atom. The molecule has 0 N–H and O–H groups in total. The first kappa shape index (κ1) is 21.7. The van der Waals surface area contributed by atoms with E-state index in [-0.39, 0.29) is 5.91 Å². The van der Waals surface area contributed by atoms with Crippen molar-refractivity contribution in [3.05, 3.63) is 63.0 Å².